The zero-order valence-electron chi connectivity index (χ0n) is 11.7. The van der Waals surface area contributed by atoms with Gasteiger partial charge in [-0.25, -0.2) is 9.13 Å². The van der Waals surface area contributed by atoms with E-state index in [0.29, 0.717) is 0 Å². The fourth-order valence-corrected chi connectivity index (χ4v) is 1.71. The predicted octanol–water partition coefficient (Wildman–Crippen LogP) is 0.557. The molecule has 0 radical (unpaired) electrons. The van der Waals surface area contributed by atoms with E-state index in [0.717, 1.165) is 0 Å². The summed E-state index contributed by atoms with van der Waals surface area (Å²) in [5, 5.41) is 0. The van der Waals surface area contributed by atoms with Gasteiger partial charge in [-0.15, -0.1) is 0 Å². The molecular weight excluding hydrogens is 259 g/mol. The maximum Gasteiger partial charge on any atom is 0.762 e. The molecule has 7 heteroatoms. The molecule has 0 fully saturated rings. The van der Waals surface area contributed by atoms with Crippen molar-refractivity contribution < 1.29 is 22.2 Å². The lowest BCUT2D eigenvalue weighted by atomic mass is 10.1. The highest BCUT2D eigenvalue weighted by molar-refractivity contribution is 6.33. The Morgan fingerprint density at radius 2 is 1.58 bits per heavy atom. The molecule has 0 aromatic carbocycles. The molecule has 2 nitrogen and oxygen atoms in total. The lowest BCUT2D eigenvalue weighted by molar-refractivity contribution is -0.671. The Morgan fingerprint density at radius 1 is 1.05 bits per heavy atom. The number of hydrogen-bond acceptors (Lipinski definition) is 0. The molecule has 1 aromatic rings. The summed E-state index contributed by atoms with van der Waals surface area (Å²) in [5.74, 6) is 0. The Morgan fingerprint density at radius 3 is 2.05 bits per heavy atom. The molecule has 0 amide bonds. The molecule has 0 aliphatic rings. The van der Waals surface area contributed by atoms with Gasteiger partial charge in [-0.2, -0.15) is 0 Å². The van der Waals surface area contributed by atoms with Crippen LogP contribution in [0, 0.1) is 0 Å². The van der Waals surface area contributed by atoms with Crippen LogP contribution in [0.2, 0.25) is 0 Å². The van der Waals surface area contributed by atoms with Crippen molar-refractivity contribution in [2.45, 2.75) is 52.0 Å². The van der Waals surface area contributed by atoms with Crippen molar-refractivity contribution in [1.82, 2.24) is 4.57 Å². The standard InChI is InChI=1S/C12H23N2.BF3.FH/c1-3-4-5-6-7-8-9-14-11-10-13(2)12-14;2-1(3)4;/h10-12H,3-9H2,1-2H3;;1H/q+1;;/p-1. The van der Waals surface area contributed by atoms with Gasteiger partial charge in [-0.05, 0) is 12.8 Å². The Labute approximate surface area is 113 Å². The van der Waals surface area contributed by atoms with Crippen LogP contribution in [0.5, 0.6) is 0 Å². The van der Waals surface area contributed by atoms with Crippen molar-refractivity contribution in [3.8, 4) is 0 Å². The maximum atomic E-state index is 9.67. The second-order valence-electron chi connectivity index (χ2n) is 4.33. The van der Waals surface area contributed by atoms with Crippen molar-refractivity contribution in [1.29, 1.82) is 0 Å². The number of hydrogen-bond donors (Lipinski definition) is 0. The van der Waals surface area contributed by atoms with Gasteiger partial charge < -0.3 is 4.70 Å². The van der Waals surface area contributed by atoms with Gasteiger partial charge in [0.05, 0.1) is 13.6 Å². The van der Waals surface area contributed by atoms with Crippen LogP contribution in [0.3, 0.4) is 0 Å². The predicted molar refractivity (Wildman–Crippen MR) is 68.1 cm³/mol. The highest BCUT2D eigenvalue weighted by Gasteiger charge is 2.06. The second-order valence-corrected chi connectivity index (χ2v) is 4.33. The normalized spacial score (nSPS) is 9.32. The van der Waals surface area contributed by atoms with E-state index in [1.807, 2.05) is 0 Å². The van der Waals surface area contributed by atoms with Gasteiger partial charge in [0.1, 0.15) is 12.4 Å². The molecule has 0 aliphatic heterocycles. The fourth-order valence-electron chi connectivity index (χ4n) is 1.71. The summed E-state index contributed by atoms with van der Waals surface area (Å²) in [6, 6.07) is 0. The van der Waals surface area contributed by atoms with Gasteiger partial charge in [0.15, 0.2) is 0 Å². The zero-order chi connectivity index (χ0) is 13.8. The molecule has 112 valence electrons. The van der Waals surface area contributed by atoms with Crippen LogP contribution >= 0.6 is 0 Å². The molecule has 0 atom stereocenters. The monoisotopic (exact) mass is 282 g/mol. The first-order valence-corrected chi connectivity index (χ1v) is 6.49. The summed E-state index contributed by atoms with van der Waals surface area (Å²) in [5.41, 5.74) is 0. The van der Waals surface area contributed by atoms with Crippen molar-refractivity contribution in [2.24, 2.45) is 7.05 Å². The average molecular weight is 282 g/mol. The smallest absolute Gasteiger partial charge is 0.762 e. The number of imidazole rings is 1. The molecule has 0 saturated carbocycles. The first-order valence-electron chi connectivity index (χ1n) is 6.49. The summed E-state index contributed by atoms with van der Waals surface area (Å²) in [7, 11) is -1.60. The molecule has 0 bridgehead atoms. The molecule has 1 rings (SSSR count). The van der Waals surface area contributed by atoms with Crippen LogP contribution in [0.25, 0.3) is 0 Å². The van der Waals surface area contributed by atoms with Gasteiger partial charge in [0, 0.05) is 0 Å². The van der Waals surface area contributed by atoms with Crippen molar-refractivity contribution in [3.05, 3.63) is 18.7 Å². The topological polar surface area (TPSA) is 8.81 Å². The van der Waals surface area contributed by atoms with E-state index in [1.165, 1.54) is 45.1 Å². The Kier molecular flexibility index (Phi) is 14.4. The van der Waals surface area contributed by atoms with Crippen LogP contribution in [-0.2, 0) is 13.6 Å². The first kappa shape index (κ1) is 20.3. The SMILES string of the molecule is CCCCCCCCn1cc[n+](C)c1.FB(F)F.[F-]. The van der Waals surface area contributed by atoms with Crippen LogP contribution in [0.15, 0.2) is 18.7 Å². The number of rotatable bonds is 7. The highest BCUT2D eigenvalue weighted by atomic mass is 19.4. The maximum absolute atomic E-state index is 9.67. The second kappa shape index (κ2) is 13.4. The highest BCUT2D eigenvalue weighted by Crippen LogP contribution is 2.05. The lowest BCUT2D eigenvalue weighted by Crippen LogP contribution is -3.00. The van der Waals surface area contributed by atoms with Crippen molar-refractivity contribution in [2.75, 3.05) is 0 Å². The molecule has 0 saturated heterocycles. The number of nitrogens with zero attached hydrogens (tertiary/aromatic N) is 2. The first-order chi connectivity index (χ1) is 8.56. The van der Waals surface area contributed by atoms with Crippen molar-refractivity contribution >= 4 is 7.54 Å². The Hall–Kier alpha value is -1.01. The minimum atomic E-state index is -3.67. The molecule has 0 N–H and O–H groups in total. The summed E-state index contributed by atoms with van der Waals surface area (Å²) >= 11 is 0. The molecule has 0 aliphatic carbocycles. The van der Waals surface area contributed by atoms with Gasteiger partial charge in [0.25, 0.3) is 0 Å². The van der Waals surface area contributed by atoms with E-state index in [2.05, 4.69) is 41.8 Å². The molecular formula is C12H23BF4N2. The van der Waals surface area contributed by atoms with Crippen LogP contribution in [0.4, 0.5) is 12.9 Å². The van der Waals surface area contributed by atoms with E-state index in [4.69, 9.17) is 0 Å². The van der Waals surface area contributed by atoms with Gasteiger partial charge in [-0.1, -0.05) is 32.6 Å². The Bertz CT molecular complexity index is 292. The average Bonchev–Trinajstić information content (AvgIpc) is 2.69. The van der Waals surface area contributed by atoms with Gasteiger partial charge in [-0.3, -0.25) is 12.9 Å². The summed E-state index contributed by atoms with van der Waals surface area (Å²) < 4.78 is 33.4. The number of aryl methyl sites for hydroxylation is 2. The molecule has 1 aromatic heterocycles. The number of halogens is 4. The molecule has 0 spiro atoms. The van der Waals surface area contributed by atoms with Crippen molar-refractivity contribution in [3.63, 3.8) is 0 Å². The van der Waals surface area contributed by atoms with E-state index in [9.17, 15) is 12.9 Å². The van der Waals surface area contributed by atoms with E-state index < -0.39 is 7.54 Å². The van der Waals surface area contributed by atoms with Gasteiger partial charge >= 0.3 is 7.54 Å². The minimum absolute atomic E-state index is 0. The lowest BCUT2D eigenvalue weighted by Gasteiger charge is -1.98. The third-order valence-electron chi connectivity index (χ3n) is 2.59. The third-order valence-corrected chi connectivity index (χ3v) is 2.59. The Balaban J connectivity index is 0. The third kappa shape index (κ3) is 14.9. The summed E-state index contributed by atoms with van der Waals surface area (Å²) in [4.78, 5) is 0. The van der Waals surface area contributed by atoms with E-state index in [-0.39, 0.29) is 4.70 Å². The molecule has 1 heterocycles. The largest absolute Gasteiger partial charge is 1.00 e. The molecule has 0 unspecified atom stereocenters. The van der Waals surface area contributed by atoms with Crippen LogP contribution in [0.1, 0.15) is 45.4 Å². The zero-order valence-corrected chi connectivity index (χ0v) is 11.7. The molecule has 19 heavy (non-hydrogen) atoms. The summed E-state index contributed by atoms with van der Waals surface area (Å²) in [6.45, 7) is 3.44. The quantitative estimate of drug-likeness (QED) is 0.299. The number of unbranched alkanes of at least 4 members (excludes halogenated alkanes) is 5. The van der Waals surface area contributed by atoms with Crippen LogP contribution in [-0.4, -0.2) is 12.1 Å². The minimum Gasteiger partial charge on any atom is -1.00 e. The van der Waals surface area contributed by atoms with Gasteiger partial charge in [0.2, 0.25) is 6.33 Å². The van der Waals surface area contributed by atoms with E-state index >= 15 is 0 Å². The van der Waals surface area contributed by atoms with Crippen LogP contribution < -0.4 is 9.27 Å². The fraction of sp³-hybridized carbons (Fsp3) is 0.750. The summed E-state index contributed by atoms with van der Waals surface area (Å²) in [6.07, 6.45) is 14.6. The number of aromatic nitrogens is 2. The van der Waals surface area contributed by atoms with E-state index in [1.54, 1.807) is 0 Å².